The second kappa shape index (κ2) is 6.01. The Morgan fingerprint density at radius 3 is 2.16 bits per heavy atom. The molecule has 4 nitrogen and oxygen atoms in total. The van der Waals surface area contributed by atoms with Crippen molar-refractivity contribution in [2.75, 3.05) is 0 Å². The normalized spacial score (nSPS) is 19.4. The van der Waals surface area contributed by atoms with Crippen LogP contribution in [-0.4, -0.2) is 20.1 Å². The van der Waals surface area contributed by atoms with Crippen LogP contribution in [-0.2, 0) is 0 Å². The van der Waals surface area contributed by atoms with Gasteiger partial charge in [-0.1, -0.05) is 59.2 Å². The lowest BCUT2D eigenvalue weighted by Gasteiger charge is -2.37. The molecule has 1 atom stereocenters. The first-order valence-electron chi connectivity index (χ1n) is 9.03. The minimum absolute atomic E-state index is 0.0606. The maximum absolute atomic E-state index is 10.7. The minimum atomic E-state index is 0.0606. The Labute approximate surface area is 150 Å². The molecule has 1 aliphatic carbocycles. The van der Waals surface area contributed by atoms with E-state index in [9.17, 15) is 5.11 Å². The lowest BCUT2D eigenvalue weighted by atomic mass is 9.68. The number of aliphatic hydroxyl groups is 1. The second-order valence-electron chi connectivity index (χ2n) is 9.14. The van der Waals surface area contributed by atoms with Gasteiger partial charge in [-0.25, -0.2) is 0 Å². The molecule has 0 aliphatic heterocycles. The van der Waals surface area contributed by atoms with Gasteiger partial charge in [0, 0.05) is 5.92 Å². The topological polar surface area (TPSA) is 50.9 Å². The van der Waals surface area contributed by atoms with E-state index in [-0.39, 0.29) is 16.7 Å². The van der Waals surface area contributed by atoms with Crippen LogP contribution in [0, 0.1) is 16.7 Å². The summed E-state index contributed by atoms with van der Waals surface area (Å²) in [5, 5.41) is 19.8. The molecule has 4 heteroatoms. The van der Waals surface area contributed by atoms with Gasteiger partial charge in [-0.15, -0.1) is 15.0 Å². The minimum Gasteiger partial charge on any atom is -0.510 e. The van der Waals surface area contributed by atoms with Crippen LogP contribution in [0.2, 0.25) is 0 Å². The van der Waals surface area contributed by atoms with Gasteiger partial charge in [-0.05, 0) is 41.9 Å². The van der Waals surface area contributed by atoms with E-state index < -0.39 is 0 Å². The highest BCUT2D eigenvalue weighted by molar-refractivity contribution is 5.75. The van der Waals surface area contributed by atoms with Crippen molar-refractivity contribution in [2.24, 2.45) is 16.7 Å². The van der Waals surface area contributed by atoms with Crippen LogP contribution in [0.1, 0.15) is 54.4 Å². The average molecular weight is 339 g/mol. The molecular formula is C21H29N3O. The van der Waals surface area contributed by atoms with Crippen molar-refractivity contribution in [1.29, 1.82) is 0 Å². The highest BCUT2D eigenvalue weighted by atomic mass is 16.3. The smallest absolute Gasteiger partial charge is 0.123 e. The number of nitrogens with zero attached hydrogens (tertiary/aromatic N) is 3. The van der Waals surface area contributed by atoms with Gasteiger partial charge in [0.15, 0.2) is 0 Å². The molecule has 0 saturated heterocycles. The SMILES string of the molecule is CC1CC(C(C)(C)CC(C)(C)C)=CC(n2nc3ccccc3n2)=C1O. The van der Waals surface area contributed by atoms with E-state index in [0.717, 1.165) is 23.9 Å². The van der Waals surface area contributed by atoms with Crippen LogP contribution < -0.4 is 0 Å². The van der Waals surface area contributed by atoms with Crippen molar-refractivity contribution in [3.05, 3.63) is 41.7 Å². The Morgan fingerprint density at radius 1 is 1.08 bits per heavy atom. The number of aliphatic hydroxyl groups excluding tert-OH is 1. The van der Waals surface area contributed by atoms with Crippen molar-refractivity contribution in [3.63, 3.8) is 0 Å². The number of fused-ring (bicyclic) bond motifs is 1. The zero-order valence-electron chi connectivity index (χ0n) is 16.2. The summed E-state index contributed by atoms with van der Waals surface area (Å²) in [7, 11) is 0. The number of hydrogen-bond donors (Lipinski definition) is 1. The average Bonchev–Trinajstić information content (AvgIpc) is 2.90. The zero-order valence-corrected chi connectivity index (χ0v) is 16.2. The van der Waals surface area contributed by atoms with Gasteiger partial charge < -0.3 is 5.11 Å². The fourth-order valence-corrected chi connectivity index (χ4v) is 4.02. The van der Waals surface area contributed by atoms with E-state index in [2.05, 4.69) is 57.8 Å². The molecule has 1 N–H and O–H groups in total. The molecule has 2 aromatic rings. The number of aromatic nitrogens is 3. The van der Waals surface area contributed by atoms with Crippen LogP contribution in [0.15, 0.2) is 41.7 Å². The lowest BCUT2D eigenvalue weighted by Crippen LogP contribution is -2.26. The highest BCUT2D eigenvalue weighted by Crippen LogP contribution is 2.45. The van der Waals surface area contributed by atoms with Crippen LogP contribution in [0.4, 0.5) is 0 Å². The van der Waals surface area contributed by atoms with Crippen molar-refractivity contribution in [2.45, 2.75) is 54.4 Å². The Morgan fingerprint density at radius 2 is 1.64 bits per heavy atom. The van der Waals surface area contributed by atoms with Crippen LogP contribution in [0.5, 0.6) is 0 Å². The maximum Gasteiger partial charge on any atom is 0.123 e. The molecule has 0 radical (unpaired) electrons. The van der Waals surface area contributed by atoms with Crippen molar-refractivity contribution < 1.29 is 5.11 Å². The third kappa shape index (κ3) is 3.63. The summed E-state index contributed by atoms with van der Waals surface area (Å²) >= 11 is 0. The summed E-state index contributed by atoms with van der Waals surface area (Å²) in [4.78, 5) is 1.59. The lowest BCUT2D eigenvalue weighted by molar-refractivity contribution is 0.235. The molecule has 0 amide bonds. The third-order valence-electron chi connectivity index (χ3n) is 4.91. The molecule has 0 saturated carbocycles. The quantitative estimate of drug-likeness (QED) is 0.793. The molecule has 1 aromatic carbocycles. The molecule has 3 rings (SSSR count). The summed E-state index contributed by atoms with van der Waals surface area (Å²) in [6.45, 7) is 13.5. The molecule has 0 spiro atoms. The van der Waals surface area contributed by atoms with Crippen molar-refractivity contribution in [3.8, 4) is 0 Å². The monoisotopic (exact) mass is 339 g/mol. The molecule has 1 unspecified atom stereocenters. The molecular weight excluding hydrogens is 310 g/mol. The Balaban J connectivity index is 2.05. The van der Waals surface area contributed by atoms with Crippen LogP contribution in [0.25, 0.3) is 16.7 Å². The summed E-state index contributed by atoms with van der Waals surface area (Å²) in [6.07, 6.45) is 4.06. The Bertz CT molecular complexity index is 816. The van der Waals surface area contributed by atoms with Gasteiger partial charge in [0.2, 0.25) is 0 Å². The first kappa shape index (κ1) is 17.7. The fourth-order valence-electron chi connectivity index (χ4n) is 4.02. The van der Waals surface area contributed by atoms with Crippen molar-refractivity contribution in [1.82, 2.24) is 15.0 Å². The van der Waals surface area contributed by atoms with Gasteiger partial charge in [-0.2, -0.15) is 0 Å². The Kier molecular flexibility index (Phi) is 4.26. The van der Waals surface area contributed by atoms with E-state index in [1.54, 1.807) is 4.80 Å². The van der Waals surface area contributed by atoms with E-state index in [4.69, 9.17) is 0 Å². The van der Waals surface area contributed by atoms with E-state index >= 15 is 0 Å². The van der Waals surface area contributed by atoms with Crippen LogP contribution >= 0.6 is 0 Å². The molecule has 0 bridgehead atoms. The predicted molar refractivity (Wildman–Crippen MR) is 103 cm³/mol. The predicted octanol–water partition coefficient (Wildman–Crippen LogP) is 5.59. The molecule has 1 aromatic heterocycles. The first-order chi connectivity index (χ1) is 11.6. The van der Waals surface area contributed by atoms with Gasteiger partial charge >= 0.3 is 0 Å². The molecule has 25 heavy (non-hydrogen) atoms. The van der Waals surface area contributed by atoms with Gasteiger partial charge in [-0.3, -0.25) is 0 Å². The van der Waals surface area contributed by atoms with E-state index in [1.165, 1.54) is 5.57 Å². The van der Waals surface area contributed by atoms with E-state index in [1.807, 2.05) is 24.3 Å². The molecule has 1 aliphatic rings. The fraction of sp³-hybridized carbons (Fsp3) is 0.524. The number of allylic oxidation sites excluding steroid dienone is 4. The summed E-state index contributed by atoms with van der Waals surface area (Å²) in [5.74, 6) is 0.443. The van der Waals surface area contributed by atoms with Crippen molar-refractivity contribution >= 4 is 16.7 Å². The summed E-state index contributed by atoms with van der Waals surface area (Å²) in [6, 6.07) is 7.79. The van der Waals surface area contributed by atoms with Gasteiger partial charge in [0.25, 0.3) is 0 Å². The largest absolute Gasteiger partial charge is 0.510 e. The van der Waals surface area contributed by atoms with E-state index in [0.29, 0.717) is 11.5 Å². The first-order valence-corrected chi connectivity index (χ1v) is 9.03. The van der Waals surface area contributed by atoms with Gasteiger partial charge in [0.05, 0.1) is 0 Å². The van der Waals surface area contributed by atoms with Crippen LogP contribution in [0.3, 0.4) is 0 Å². The zero-order chi connectivity index (χ0) is 18.4. The molecule has 0 fully saturated rings. The number of hydrogen-bond acceptors (Lipinski definition) is 3. The highest BCUT2D eigenvalue weighted by Gasteiger charge is 2.33. The Hall–Kier alpha value is -2.10. The number of benzene rings is 1. The third-order valence-corrected chi connectivity index (χ3v) is 4.91. The maximum atomic E-state index is 10.7. The second-order valence-corrected chi connectivity index (χ2v) is 9.14. The molecule has 1 heterocycles. The molecule has 134 valence electrons. The summed E-state index contributed by atoms with van der Waals surface area (Å²) in [5.41, 5.74) is 4.03. The number of rotatable bonds is 3. The summed E-state index contributed by atoms with van der Waals surface area (Å²) < 4.78 is 0. The van der Waals surface area contributed by atoms with Gasteiger partial charge in [0.1, 0.15) is 22.5 Å². The standard InChI is InChI=1S/C21H29N3O/c1-14-11-15(21(5,6)13-20(2,3)4)12-18(19(14)25)24-22-16-9-7-8-10-17(16)23-24/h7-10,12,14,25H,11,13H2,1-6H3.